The Kier molecular flexibility index (Phi) is 4.72. The van der Waals surface area contributed by atoms with Crippen LogP contribution in [0.25, 0.3) is 0 Å². The average molecular weight is 272 g/mol. The van der Waals surface area contributed by atoms with E-state index in [1.807, 2.05) is 18.2 Å². The second-order valence-electron chi connectivity index (χ2n) is 4.76. The monoisotopic (exact) mass is 271 g/mol. The maximum Gasteiger partial charge on any atom is 0.0442 e. The highest BCUT2D eigenvalue weighted by Crippen LogP contribution is 2.38. The molecule has 17 heavy (non-hydrogen) atoms. The summed E-state index contributed by atoms with van der Waals surface area (Å²) in [6.45, 7) is 3.28. The van der Waals surface area contributed by atoms with Crippen molar-refractivity contribution >= 4 is 23.2 Å². The lowest BCUT2D eigenvalue weighted by Crippen LogP contribution is -2.31. The minimum atomic E-state index is 0.521. The van der Waals surface area contributed by atoms with Gasteiger partial charge in [0.2, 0.25) is 0 Å². The van der Waals surface area contributed by atoms with E-state index < -0.39 is 0 Å². The zero-order valence-corrected chi connectivity index (χ0v) is 11.7. The van der Waals surface area contributed by atoms with Crippen molar-refractivity contribution < 1.29 is 0 Å². The molecular formula is C14H19Cl2N. The molecule has 1 aromatic carbocycles. The van der Waals surface area contributed by atoms with E-state index in [2.05, 4.69) is 12.2 Å². The molecule has 0 bridgehead atoms. The van der Waals surface area contributed by atoms with Crippen LogP contribution in [0.15, 0.2) is 18.2 Å². The van der Waals surface area contributed by atoms with Crippen LogP contribution in [-0.4, -0.2) is 12.6 Å². The van der Waals surface area contributed by atoms with Gasteiger partial charge in [-0.15, -0.1) is 0 Å². The van der Waals surface area contributed by atoms with Gasteiger partial charge >= 0.3 is 0 Å². The second-order valence-corrected chi connectivity index (χ2v) is 5.61. The molecule has 2 atom stereocenters. The molecule has 1 N–H and O–H groups in total. The van der Waals surface area contributed by atoms with E-state index in [1.165, 1.54) is 31.2 Å². The molecular weight excluding hydrogens is 253 g/mol. The third kappa shape index (κ3) is 3.15. The predicted octanol–water partition coefficient (Wildman–Crippen LogP) is 4.63. The summed E-state index contributed by atoms with van der Waals surface area (Å²) in [5.74, 6) is 0.521. The molecule has 0 aliphatic heterocycles. The molecule has 1 saturated carbocycles. The Labute approximate surface area is 114 Å². The highest BCUT2D eigenvalue weighted by atomic mass is 35.5. The molecule has 0 aromatic heterocycles. The van der Waals surface area contributed by atoms with Gasteiger partial charge in [-0.25, -0.2) is 0 Å². The molecule has 1 aliphatic carbocycles. The lowest BCUT2D eigenvalue weighted by Gasteiger charge is -2.22. The van der Waals surface area contributed by atoms with Gasteiger partial charge in [-0.2, -0.15) is 0 Å². The van der Waals surface area contributed by atoms with Crippen molar-refractivity contribution in [3.63, 3.8) is 0 Å². The van der Waals surface area contributed by atoms with Gasteiger partial charge in [0.15, 0.2) is 0 Å². The number of hydrogen-bond acceptors (Lipinski definition) is 1. The fraction of sp³-hybridized carbons (Fsp3) is 0.571. The van der Waals surface area contributed by atoms with Crippen molar-refractivity contribution in [3.05, 3.63) is 33.8 Å². The van der Waals surface area contributed by atoms with E-state index in [9.17, 15) is 0 Å². The first-order valence-electron chi connectivity index (χ1n) is 6.40. The summed E-state index contributed by atoms with van der Waals surface area (Å²) in [5.41, 5.74) is 1.21. The highest BCUT2D eigenvalue weighted by Gasteiger charge is 2.29. The Morgan fingerprint density at radius 1 is 1.29 bits per heavy atom. The molecule has 1 aliphatic rings. The number of rotatable bonds is 4. The van der Waals surface area contributed by atoms with Crippen molar-refractivity contribution in [3.8, 4) is 0 Å². The van der Waals surface area contributed by atoms with E-state index in [-0.39, 0.29) is 0 Å². The van der Waals surface area contributed by atoms with E-state index in [0.29, 0.717) is 12.0 Å². The maximum absolute atomic E-state index is 6.29. The van der Waals surface area contributed by atoms with Crippen molar-refractivity contribution in [2.45, 2.75) is 44.6 Å². The van der Waals surface area contributed by atoms with E-state index >= 15 is 0 Å². The normalized spacial score (nSPS) is 24.2. The molecule has 0 saturated heterocycles. The maximum atomic E-state index is 6.29. The molecule has 0 amide bonds. The molecule has 1 nitrogen and oxygen atoms in total. The standard InChI is InChI=1S/C14H19Cl2N/c1-2-8-17-14-5-3-4-11(14)12-9-10(15)6-7-13(12)16/h6-7,9,11,14,17H,2-5,8H2,1H3. The SMILES string of the molecule is CCCNC1CCCC1c1cc(Cl)ccc1Cl. The molecule has 1 aromatic rings. The summed E-state index contributed by atoms with van der Waals surface area (Å²) in [4.78, 5) is 0. The first-order valence-corrected chi connectivity index (χ1v) is 7.16. The molecule has 1 fully saturated rings. The van der Waals surface area contributed by atoms with Gasteiger partial charge < -0.3 is 5.32 Å². The van der Waals surface area contributed by atoms with Crippen LogP contribution in [0.2, 0.25) is 10.0 Å². The van der Waals surface area contributed by atoms with Crippen molar-refractivity contribution in [2.75, 3.05) is 6.54 Å². The van der Waals surface area contributed by atoms with E-state index in [4.69, 9.17) is 23.2 Å². The molecule has 0 heterocycles. The zero-order chi connectivity index (χ0) is 12.3. The summed E-state index contributed by atoms with van der Waals surface area (Å²) in [5, 5.41) is 5.26. The van der Waals surface area contributed by atoms with E-state index in [1.54, 1.807) is 0 Å². The largest absolute Gasteiger partial charge is 0.313 e. The molecule has 0 radical (unpaired) electrons. The van der Waals surface area contributed by atoms with E-state index in [0.717, 1.165) is 16.6 Å². The molecule has 2 unspecified atom stereocenters. The second kappa shape index (κ2) is 6.08. The van der Waals surface area contributed by atoms with Crippen LogP contribution in [0.5, 0.6) is 0 Å². The fourth-order valence-corrected chi connectivity index (χ4v) is 3.14. The highest BCUT2D eigenvalue weighted by molar-refractivity contribution is 6.33. The van der Waals surface area contributed by atoms with Gasteiger partial charge in [0, 0.05) is 22.0 Å². The van der Waals surface area contributed by atoms with Crippen LogP contribution in [0.4, 0.5) is 0 Å². The molecule has 2 rings (SSSR count). The number of hydrogen-bond donors (Lipinski definition) is 1. The number of benzene rings is 1. The van der Waals surface area contributed by atoms with Gasteiger partial charge in [0.25, 0.3) is 0 Å². The summed E-state index contributed by atoms with van der Waals surface area (Å²) < 4.78 is 0. The van der Waals surface area contributed by atoms with Crippen LogP contribution in [0, 0.1) is 0 Å². The lowest BCUT2D eigenvalue weighted by atomic mass is 9.94. The average Bonchev–Trinajstić information content (AvgIpc) is 2.77. The predicted molar refractivity (Wildman–Crippen MR) is 75.1 cm³/mol. The Hall–Kier alpha value is -0.240. The van der Waals surface area contributed by atoms with Gasteiger partial charge in [0.1, 0.15) is 0 Å². The van der Waals surface area contributed by atoms with Gasteiger partial charge in [0.05, 0.1) is 0 Å². The van der Waals surface area contributed by atoms with Crippen LogP contribution in [0.1, 0.15) is 44.1 Å². The van der Waals surface area contributed by atoms with Gasteiger partial charge in [-0.3, -0.25) is 0 Å². The van der Waals surface area contributed by atoms with Crippen LogP contribution in [-0.2, 0) is 0 Å². The minimum absolute atomic E-state index is 0.521. The van der Waals surface area contributed by atoms with Gasteiger partial charge in [-0.1, -0.05) is 36.5 Å². The fourth-order valence-electron chi connectivity index (χ4n) is 2.71. The smallest absolute Gasteiger partial charge is 0.0442 e. The first kappa shape index (κ1) is 13.2. The number of nitrogens with one attached hydrogen (secondary N) is 1. The third-order valence-corrected chi connectivity index (χ3v) is 4.11. The van der Waals surface area contributed by atoms with Crippen molar-refractivity contribution in [2.24, 2.45) is 0 Å². The first-order chi connectivity index (χ1) is 8.22. The van der Waals surface area contributed by atoms with Crippen LogP contribution in [0.3, 0.4) is 0 Å². The lowest BCUT2D eigenvalue weighted by molar-refractivity contribution is 0.479. The Balaban J connectivity index is 2.16. The quantitative estimate of drug-likeness (QED) is 0.842. The third-order valence-electron chi connectivity index (χ3n) is 3.53. The van der Waals surface area contributed by atoms with Crippen LogP contribution >= 0.6 is 23.2 Å². The van der Waals surface area contributed by atoms with Crippen molar-refractivity contribution in [1.29, 1.82) is 0 Å². The topological polar surface area (TPSA) is 12.0 Å². The van der Waals surface area contributed by atoms with Crippen molar-refractivity contribution in [1.82, 2.24) is 5.32 Å². The summed E-state index contributed by atoms with van der Waals surface area (Å²) >= 11 is 12.4. The molecule has 0 spiro atoms. The van der Waals surface area contributed by atoms with Gasteiger partial charge in [-0.05, 0) is 49.6 Å². The Morgan fingerprint density at radius 2 is 2.12 bits per heavy atom. The minimum Gasteiger partial charge on any atom is -0.313 e. The number of halogens is 2. The Bertz CT molecular complexity index is 378. The van der Waals surface area contributed by atoms with Crippen LogP contribution < -0.4 is 5.32 Å². The summed E-state index contributed by atoms with van der Waals surface area (Å²) in [6, 6.07) is 6.36. The summed E-state index contributed by atoms with van der Waals surface area (Å²) in [6.07, 6.45) is 4.90. The molecule has 3 heteroatoms. The Morgan fingerprint density at radius 3 is 2.88 bits per heavy atom. The summed E-state index contributed by atoms with van der Waals surface area (Å²) in [7, 11) is 0. The molecule has 94 valence electrons. The zero-order valence-electron chi connectivity index (χ0n) is 10.2.